The Morgan fingerprint density at radius 2 is 2.22 bits per heavy atom. The molecule has 0 atom stereocenters. The minimum Gasteiger partial charge on any atom is -0.370 e. The first kappa shape index (κ1) is 12.8. The molecule has 2 aromatic rings. The Balaban J connectivity index is 2.49. The molecule has 0 saturated heterocycles. The number of aromatic nitrogens is 2. The topological polar surface area (TPSA) is 110 Å². The number of fused-ring (bicyclic) bond motifs is 1. The summed E-state index contributed by atoms with van der Waals surface area (Å²) in [6.07, 6.45) is 0.00616. The van der Waals surface area contributed by atoms with Crippen molar-refractivity contribution in [2.45, 2.75) is 6.42 Å². The summed E-state index contributed by atoms with van der Waals surface area (Å²) in [7, 11) is 0. The maximum atomic E-state index is 11.6. The zero-order chi connectivity index (χ0) is 13.3. The van der Waals surface area contributed by atoms with Crippen molar-refractivity contribution in [1.29, 1.82) is 0 Å². The van der Waals surface area contributed by atoms with E-state index in [2.05, 4.69) is 31.1 Å². The normalized spacial score (nSPS) is 10.6. The van der Waals surface area contributed by atoms with Crippen LogP contribution in [-0.2, 0) is 11.2 Å². The molecule has 1 amide bonds. The van der Waals surface area contributed by atoms with E-state index >= 15 is 0 Å². The number of carbonyl (C=O) groups excluding carboxylic acids is 1. The number of carbonyl (C=O) groups is 1. The zero-order valence-electron chi connectivity index (χ0n) is 9.08. The van der Waals surface area contributed by atoms with Crippen LogP contribution in [0.3, 0.4) is 0 Å². The SMILES string of the molecule is NC(N)=NC(=O)Cc1c(Cl)ccc2n[nH]c(Br)c12. The summed E-state index contributed by atoms with van der Waals surface area (Å²) in [5.41, 5.74) is 11.6. The third-order valence-electron chi connectivity index (χ3n) is 2.31. The van der Waals surface area contributed by atoms with Crippen LogP contribution in [0.4, 0.5) is 0 Å². The Labute approximate surface area is 116 Å². The van der Waals surface area contributed by atoms with Crippen molar-refractivity contribution in [3.05, 3.63) is 27.3 Å². The van der Waals surface area contributed by atoms with Crippen LogP contribution in [0.5, 0.6) is 0 Å². The number of halogens is 2. The molecule has 0 aliphatic rings. The summed E-state index contributed by atoms with van der Waals surface area (Å²) < 4.78 is 0.660. The van der Waals surface area contributed by atoms with E-state index in [0.717, 1.165) is 5.39 Å². The second kappa shape index (κ2) is 4.95. The van der Waals surface area contributed by atoms with E-state index in [4.69, 9.17) is 23.1 Å². The predicted molar refractivity (Wildman–Crippen MR) is 73.3 cm³/mol. The summed E-state index contributed by atoms with van der Waals surface area (Å²) in [5.74, 6) is -0.730. The van der Waals surface area contributed by atoms with Crippen LogP contribution in [0.15, 0.2) is 21.7 Å². The van der Waals surface area contributed by atoms with Crippen LogP contribution in [0, 0.1) is 0 Å². The van der Waals surface area contributed by atoms with Crippen LogP contribution >= 0.6 is 27.5 Å². The molecule has 1 aromatic heterocycles. The molecule has 0 aliphatic heterocycles. The standard InChI is InChI=1S/C10H9BrClN5O/c11-9-8-4(3-7(18)15-10(13)14)5(12)1-2-6(8)16-17-9/h1-2H,3H2,(H,16,17)(H4,13,14,15,18). The first-order valence-electron chi connectivity index (χ1n) is 4.92. The van der Waals surface area contributed by atoms with E-state index in [1.54, 1.807) is 12.1 Å². The maximum Gasteiger partial charge on any atom is 0.253 e. The Morgan fingerprint density at radius 3 is 2.89 bits per heavy atom. The monoisotopic (exact) mass is 329 g/mol. The van der Waals surface area contributed by atoms with Crippen LogP contribution in [0.2, 0.25) is 5.02 Å². The van der Waals surface area contributed by atoms with Crippen molar-refractivity contribution >= 4 is 50.3 Å². The minimum absolute atomic E-state index is 0.00616. The summed E-state index contributed by atoms with van der Waals surface area (Å²) >= 11 is 9.41. The highest BCUT2D eigenvalue weighted by atomic mass is 79.9. The first-order chi connectivity index (χ1) is 8.49. The smallest absolute Gasteiger partial charge is 0.253 e. The molecule has 0 spiro atoms. The molecule has 2 rings (SSSR count). The molecule has 18 heavy (non-hydrogen) atoms. The van der Waals surface area contributed by atoms with Gasteiger partial charge >= 0.3 is 0 Å². The van der Waals surface area contributed by atoms with E-state index in [1.807, 2.05) is 0 Å². The molecule has 8 heteroatoms. The average Bonchev–Trinajstić information content (AvgIpc) is 2.64. The molecular weight excluding hydrogens is 322 g/mol. The number of H-pyrrole nitrogens is 1. The highest BCUT2D eigenvalue weighted by Gasteiger charge is 2.15. The van der Waals surface area contributed by atoms with Gasteiger partial charge in [-0.25, -0.2) is 0 Å². The van der Waals surface area contributed by atoms with Gasteiger partial charge in [-0.05, 0) is 33.6 Å². The largest absolute Gasteiger partial charge is 0.370 e. The van der Waals surface area contributed by atoms with Crippen LogP contribution in [0.1, 0.15) is 5.56 Å². The molecule has 94 valence electrons. The summed E-state index contributed by atoms with van der Waals surface area (Å²) in [6.45, 7) is 0. The Hall–Kier alpha value is -1.60. The molecule has 1 heterocycles. The molecule has 5 N–H and O–H groups in total. The number of rotatable bonds is 2. The lowest BCUT2D eigenvalue weighted by Crippen LogP contribution is -2.24. The van der Waals surface area contributed by atoms with Gasteiger partial charge in [0.15, 0.2) is 5.96 Å². The van der Waals surface area contributed by atoms with E-state index in [9.17, 15) is 4.79 Å². The number of nitrogens with one attached hydrogen (secondary N) is 1. The first-order valence-corrected chi connectivity index (χ1v) is 6.09. The maximum absolute atomic E-state index is 11.6. The quantitative estimate of drug-likeness (QED) is 0.569. The fourth-order valence-corrected chi connectivity index (χ4v) is 2.38. The molecule has 0 radical (unpaired) electrons. The minimum atomic E-state index is -0.461. The second-order valence-corrected chi connectivity index (χ2v) is 4.77. The van der Waals surface area contributed by atoms with Crippen LogP contribution < -0.4 is 11.5 Å². The lowest BCUT2D eigenvalue weighted by Gasteiger charge is -2.03. The molecular formula is C10H9BrClN5O. The number of nitrogens with zero attached hydrogens (tertiary/aromatic N) is 2. The fraction of sp³-hybridized carbons (Fsp3) is 0.100. The van der Waals surface area contributed by atoms with E-state index < -0.39 is 5.91 Å². The number of hydrogen-bond donors (Lipinski definition) is 3. The third kappa shape index (κ3) is 2.46. The molecule has 0 saturated carbocycles. The fourth-order valence-electron chi connectivity index (χ4n) is 1.62. The Kier molecular flexibility index (Phi) is 3.53. The van der Waals surface area contributed by atoms with Crippen LogP contribution in [-0.4, -0.2) is 22.1 Å². The Bertz CT molecular complexity index is 647. The number of amides is 1. The van der Waals surface area contributed by atoms with Gasteiger partial charge in [0, 0.05) is 10.4 Å². The highest BCUT2D eigenvalue weighted by molar-refractivity contribution is 9.10. The zero-order valence-corrected chi connectivity index (χ0v) is 11.4. The number of guanidine groups is 1. The van der Waals surface area contributed by atoms with Gasteiger partial charge in [-0.2, -0.15) is 10.1 Å². The highest BCUT2D eigenvalue weighted by Crippen LogP contribution is 2.30. The molecule has 0 fully saturated rings. The summed E-state index contributed by atoms with van der Waals surface area (Å²) in [4.78, 5) is 15.1. The number of aliphatic imine (C=N–C) groups is 1. The van der Waals surface area contributed by atoms with Gasteiger partial charge in [-0.1, -0.05) is 11.6 Å². The molecule has 0 aliphatic carbocycles. The molecule has 1 aromatic carbocycles. The number of nitrogens with two attached hydrogens (primary N) is 2. The van der Waals surface area contributed by atoms with Crippen molar-refractivity contribution in [1.82, 2.24) is 10.2 Å². The van der Waals surface area contributed by atoms with E-state index in [1.165, 1.54) is 0 Å². The number of aromatic amines is 1. The van der Waals surface area contributed by atoms with Crippen molar-refractivity contribution in [2.75, 3.05) is 0 Å². The predicted octanol–water partition coefficient (Wildman–Crippen LogP) is 1.32. The summed E-state index contributed by atoms with van der Waals surface area (Å²) in [5, 5.41) is 8.04. The van der Waals surface area contributed by atoms with Crippen LogP contribution in [0.25, 0.3) is 10.9 Å². The molecule has 0 bridgehead atoms. The Morgan fingerprint density at radius 1 is 1.50 bits per heavy atom. The van der Waals surface area contributed by atoms with Crippen molar-refractivity contribution in [3.63, 3.8) is 0 Å². The van der Waals surface area contributed by atoms with Gasteiger partial charge in [0.05, 0.1) is 11.9 Å². The average molecular weight is 331 g/mol. The van der Waals surface area contributed by atoms with Gasteiger partial charge in [0.2, 0.25) is 0 Å². The van der Waals surface area contributed by atoms with Gasteiger partial charge in [-0.15, -0.1) is 0 Å². The van der Waals surface area contributed by atoms with Gasteiger partial charge in [0.25, 0.3) is 5.91 Å². The number of benzene rings is 1. The molecule has 0 unspecified atom stereocenters. The van der Waals surface area contributed by atoms with Gasteiger partial charge < -0.3 is 11.5 Å². The van der Waals surface area contributed by atoms with E-state index in [-0.39, 0.29) is 12.4 Å². The van der Waals surface area contributed by atoms with Crippen molar-refractivity contribution < 1.29 is 4.79 Å². The van der Waals surface area contributed by atoms with Gasteiger partial charge in [-0.3, -0.25) is 9.89 Å². The van der Waals surface area contributed by atoms with E-state index in [0.29, 0.717) is 20.7 Å². The lowest BCUT2D eigenvalue weighted by atomic mass is 10.1. The van der Waals surface area contributed by atoms with Gasteiger partial charge in [0.1, 0.15) is 4.60 Å². The third-order valence-corrected chi connectivity index (χ3v) is 3.24. The lowest BCUT2D eigenvalue weighted by molar-refractivity contribution is -0.117. The van der Waals surface area contributed by atoms with Crippen molar-refractivity contribution in [2.24, 2.45) is 16.5 Å². The number of hydrogen-bond acceptors (Lipinski definition) is 2. The molecule has 6 nitrogen and oxygen atoms in total. The second-order valence-electron chi connectivity index (χ2n) is 3.56. The van der Waals surface area contributed by atoms with Crippen molar-refractivity contribution in [3.8, 4) is 0 Å². The summed E-state index contributed by atoms with van der Waals surface area (Å²) in [6, 6.07) is 3.43.